The maximum atomic E-state index is 13.6. The zero-order valence-corrected chi connectivity index (χ0v) is 20.3. The van der Waals surface area contributed by atoms with E-state index in [1.165, 1.54) is 19.1 Å². The van der Waals surface area contributed by atoms with Gasteiger partial charge in [0.1, 0.15) is 11.6 Å². The van der Waals surface area contributed by atoms with Gasteiger partial charge in [-0.05, 0) is 53.5 Å². The van der Waals surface area contributed by atoms with E-state index in [0.717, 1.165) is 23.6 Å². The van der Waals surface area contributed by atoms with E-state index in [4.69, 9.17) is 0 Å². The van der Waals surface area contributed by atoms with E-state index in [1.54, 1.807) is 0 Å². The first-order valence-corrected chi connectivity index (χ1v) is 11.7. The summed E-state index contributed by atoms with van der Waals surface area (Å²) in [6.07, 6.45) is 0.966. The second-order valence-corrected chi connectivity index (χ2v) is 10.4. The number of benzene rings is 2. The molecule has 1 unspecified atom stereocenters. The van der Waals surface area contributed by atoms with Crippen LogP contribution in [0.1, 0.15) is 73.6 Å². The summed E-state index contributed by atoms with van der Waals surface area (Å²) in [4.78, 5) is 24.2. The lowest BCUT2D eigenvalue weighted by Gasteiger charge is -2.30. The summed E-state index contributed by atoms with van der Waals surface area (Å²) in [7, 11) is 0. The maximum absolute atomic E-state index is 13.6. The summed E-state index contributed by atoms with van der Waals surface area (Å²) in [5.41, 5.74) is 3.22. The van der Waals surface area contributed by atoms with Crippen LogP contribution in [0.5, 0.6) is 0 Å². The second kappa shape index (κ2) is 10.7. The van der Waals surface area contributed by atoms with E-state index >= 15 is 0 Å². The Kier molecular flexibility index (Phi) is 8.21. The summed E-state index contributed by atoms with van der Waals surface area (Å²) in [5.74, 6) is -1.65. The molecule has 0 aliphatic heterocycles. The zero-order valence-electron chi connectivity index (χ0n) is 20.3. The molecule has 1 aliphatic carbocycles. The summed E-state index contributed by atoms with van der Waals surface area (Å²) >= 11 is 0. The van der Waals surface area contributed by atoms with Crippen molar-refractivity contribution in [2.24, 2.45) is 5.41 Å². The van der Waals surface area contributed by atoms with Crippen molar-refractivity contribution in [1.29, 1.82) is 0 Å². The van der Waals surface area contributed by atoms with Gasteiger partial charge in [-0.3, -0.25) is 9.59 Å². The summed E-state index contributed by atoms with van der Waals surface area (Å²) in [6, 6.07) is 8.28. The number of aliphatic hydroxyl groups is 1. The fourth-order valence-corrected chi connectivity index (χ4v) is 4.59. The molecule has 3 N–H and O–H groups in total. The number of nitrogens with one attached hydrogen (secondary N) is 2. The Hall–Kier alpha value is -2.64. The highest BCUT2D eigenvalue weighted by atomic mass is 19.1. The molecule has 3 rings (SSSR count). The molecule has 0 radical (unpaired) electrons. The van der Waals surface area contributed by atoms with E-state index in [0.29, 0.717) is 24.0 Å². The Morgan fingerprint density at radius 3 is 2.41 bits per heavy atom. The number of rotatable bonds is 8. The van der Waals surface area contributed by atoms with Crippen LogP contribution in [0, 0.1) is 17.0 Å². The van der Waals surface area contributed by atoms with Gasteiger partial charge in [-0.25, -0.2) is 8.78 Å². The van der Waals surface area contributed by atoms with Crippen molar-refractivity contribution in [2.75, 3.05) is 6.54 Å². The Morgan fingerprint density at radius 1 is 1.12 bits per heavy atom. The number of fused-ring (bicyclic) bond motifs is 1. The second-order valence-electron chi connectivity index (χ2n) is 10.4. The predicted molar refractivity (Wildman–Crippen MR) is 128 cm³/mol. The van der Waals surface area contributed by atoms with Gasteiger partial charge >= 0.3 is 0 Å². The molecule has 0 bridgehead atoms. The largest absolute Gasteiger partial charge is 0.390 e. The number of carbonyl (C=O) groups excluding carboxylic acids is 2. The van der Waals surface area contributed by atoms with Crippen LogP contribution >= 0.6 is 0 Å². The van der Waals surface area contributed by atoms with E-state index in [2.05, 4.69) is 37.5 Å². The molecule has 0 saturated carbocycles. The number of ketones is 1. The van der Waals surface area contributed by atoms with Gasteiger partial charge in [0, 0.05) is 37.6 Å². The van der Waals surface area contributed by atoms with E-state index < -0.39 is 23.8 Å². The van der Waals surface area contributed by atoms with Gasteiger partial charge in [0.2, 0.25) is 5.91 Å². The van der Waals surface area contributed by atoms with Crippen LogP contribution < -0.4 is 10.6 Å². The highest BCUT2D eigenvalue weighted by Gasteiger charge is 2.28. The number of hydrogen-bond donors (Lipinski definition) is 3. The van der Waals surface area contributed by atoms with Crippen molar-refractivity contribution in [3.05, 3.63) is 70.3 Å². The highest BCUT2D eigenvalue weighted by Crippen LogP contribution is 2.32. The number of Topliss-reactive ketones (excluding diaryl/α,β-unsaturated/α-hetero) is 1. The monoisotopic (exact) mass is 472 g/mol. The quantitative estimate of drug-likeness (QED) is 0.536. The topological polar surface area (TPSA) is 78.4 Å². The molecule has 7 heteroatoms. The first-order chi connectivity index (χ1) is 15.9. The number of amides is 1. The van der Waals surface area contributed by atoms with Gasteiger partial charge in [-0.1, -0.05) is 39.0 Å². The lowest BCUT2D eigenvalue weighted by atomic mass is 9.82. The van der Waals surface area contributed by atoms with Crippen molar-refractivity contribution in [3.8, 4) is 0 Å². The van der Waals surface area contributed by atoms with Crippen molar-refractivity contribution >= 4 is 11.7 Å². The Bertz CT molecular complexity index is 1030. The Labute approximate surface area is 200 Å². The van der Waals surface area contributed by atoms with E-state index in [9.17, 15) is 23.5 Å². The standard InChI is InChI=1S/C27H34F2N2O3/c1-16(32)31-24(12-18-9-19(28)13-20(29)10-18)26(34)15-30-23-7-8-25(33)21-6-5-17(11-22(21)23)14-27(2,3)4/h5-6,9-11,13,23-24,26,30,34H,7-8,12,14-15H2,1-4H3,(H,31,32)/t23?,24-,26+/m0/s1. The maximum Gasteiger partial charge on any atom is 0.217 e. The molecule has 5 nitrogen and oxygen atoms in total. The molecule has 0 fully saturated rings. The molecule has 1 aliphatic rings. The molecule has 2 aromatic rings. The molecular formula is C27H34F2N2O3. The molecule has 0 heterocycles. The minimum absolute atomic E-state index is 0.0760. The normalized spacial score (nSPS) is 17.7. The summed E-state index contributed by atoms with van der Waals surface area (Å²) in [5, 5.41) is 16.9. The molecule has 0 aromatic heterocycles. The third kappa shape index (κ3) is 7.18. The predicted octanol–water partition coefficient (Wildman–Crippen LogP) is 4.27. The molecule has 184 valence electrons. The van der Waals surface area contributed by atoms with Gasteiger partial charge in [0.05, 0.1) is 12.1 Å². The molecule has 0 spiro atoms. The molecule has 0 saturated heterocycles. The van der Waals surface area contributed by atoms with Crippen LogP contribution in [-0.4, -0.2) is 35.5 Å². The van der Waals surface area contributed by atoms with Crippen LogP contribution in [0.25, 0.3) is 0 Å². The van der Waals surface area contributed by atoms with Gasteiger partial charge in [-0.15, -0.1) is 0 Å². The number of halogens is 2. The highest BCUT2D eigenvalue weighted by molar-refractivity contribution is 5.98. The lowest BCUT2D eigenvalue weighted by molar-refractivity contribution is -0.120. The zero-order chi connectivity index (χ0) is 25.0. The average Bonchev–Trinajstić information content (AvgIpc) is 2.70. The van der Waals surface area contributed by atoms with Crippen LogP contribution in [-0.2, 0) is 17.6 Å². The Morgan fingerprint density at radius 2 is 1.79 bits per heavy atom. The van der Waals surface area contributed by atoms with Crippen LogP contribution in [0.3, 0.4) is 0 Å². The molecular weight excluding hydrogens is 438 g/mol. The fraction of sp³-hybridized carbons (Fsp3) is 0.481. The summed E-state index contributed by atoms with van der Waals surface area (Å²) in [6.45, 7) is 7.96. The molecule has 2 aromatic carbocycles. The lowest BCUT2D eigenvalue weighted by Crippen LogP contribution is -2.48. The van der Waals surface area contributed by atoms with Crippen molar-refractivity contribution < 1.29 is 23.5 Å². The third-order valence-corrected chi connectivity index (χ3v) is 5.99. The third-order valence-electron chi connectivity index (χ3n) is 5.99. The number of carbonyl (C=O) groups is 2. The van der Waals surface area contributed by atoms with Gasteiger partial charge in [0.15, 0.2) is 5.78 Å². The SMILES string of the molecule is CC(=O)N[C@@H](Cc1cc(F)cc(F)c1)[C@H](O)CNC1CCC(=O)c2ccc(CC(C)(C)C)cc21. The molecule has 34 heavy (non-hydrogen) atoms. The van der Waals surface area contributed by atoms with Crippen molar-refractivity contribution in [3.63, 3.8) is 0 Å². The van der Waals surface area contributed by atoms with Crippen molar-refractivity contribution in [2.45, 2.75) is 71.6 Å². The number of hydrogen-bond acceptors (Lipinski definition) is 4. The number of aliphatic hydroxyl groups excluding tert-OH is 1. The summed E-state index contributed by atoms with van der Waals surface area (Å²) < 4.78 is 27.2. The molecule has 3 atom stereocenters. The minimum atomic E-state index is -1.01. The van der Waals surface area contributed by atoms with Crippen molar-refractivity contribution in [1.82, 2.24) is 10.6 Å². The smallest absolute Gasteiger partial charge is 0.217 e. The van der Waals surface area contributed by atoms with E-state index in [-0.39, 0.29) is 36.1 Å². The first kappa shape index (κ1) is 26.0. The first-order valence-electron chi connectivity index (χ1n) is 11.7. The van der Waals surface area contributed by atoms with Gasteiger partial charge in [0.25, 0.3) is 0 Å². The fourth-order valence-electron chi connectivity index (χ4n) is 4.59. The van der Waals surface area contributed by atoms with Gasteiger partial charge < -0.3 is 15.7 Å². The Balaban J connectivity index is 1.74. The molecule has 1 amide bonds. The van der Waals surface area contributed by atoms with Crippen LogP contribution in [0.4, 0.5) is 8.78 Å². The van der Waals surface area contributed by atoms with Gasteiger partial charge in [-0.2, -0.15) is 0 Å². The van der Waals surface area contributed by atoms with Crippen LogP contribution in [0.2, 0.25) is 0 Å². The van der Waals surface area contributed by atoms with E-state index in [1.807, 2.05) is 12.1 Å². The average molecular weight is 473 g/mol. The minimum Gasteiger partial charge on any atom is -0.390 e. The van der Waals surface area contributed by atoms with Crippen LogP contribution in [0.15, 0.2) is 36.4 Å².